The fourth-order valence-electron chi connectivity index (χ4n) is 3.68. The summed E-state index contributed by atoms with van der Waals surface area (Å²) in [6.07, 6.45) is -5.00. The minimum Gasteiger partial charge on any atom is -0.484 e. The number of alkyl halides is 3. The standard InChI is InChI=1S/C28H24F3NO5/c1-17(2)20-10-6-7-11-22(20)36-26-25(34)21-13-12-19(14-23(21)37-27(26)28(29,30)31)35-16-24(33)32-15-18-8-4-3-5-9-18/h3-14,17H,15-16H2,1-2H3,(H,32,33). The Morgan fingerprint density at radius 1 is 1.00 bits per heavy atom. The molecule has 0 aliphatic rings. The minimum absolute atomic E-state index is 0.0531. The maximum Gasteiger partial charge on any atom is 0.453 e. The van der Waals surface area contributed by atoms with Gasteiger partial charge in [-0.15, -0.1) is 0 Å². The molecule has 0 spiro atoms. The van der Waals surface area contributed by atoms with E-state index < -0.39 is 29.0 Å². The van der Waals surface area contributed by atoms with Crippen LogP contribution >= 0.6 is 0 Å². The van der Waals surface area contributed by atoms with Crippen LogP contribution in [-0.2, 0) is 17.5 Å². The van der Waals surface area contributed by atoms with E-state index in [-0.39, 0.29) is 35.0 Å². The van der Waals surface area contributed by atoms with Gasteiger partial charge >= 0.3 is 6.18 Å². The first-order valence-corrected chi connectivity index (χ1v) is 11.5. The molecule has 0 radical (unpaired) electrons. The molecule has 0 bridgehead atoms. The van der Waals surface area contributed by atoms with Gasteiger partial charge in [0.2, 0.25) is 11.2 Å². The van der Waals surface area contributed by atoms with Crippen LogP contribution in [-0.4, -0.2) is 12.5 Å². The molecular weight excluding hydrogens is 487 g/mol. The number of ether oxygens (including phenoxy) is 2. The summed E-state index contributed by atoms with van der Waals surface area (Å²) in [5.41, 5.74) is 0.227. The summed E-state index contributed by atoms with van der Waals surface area (Å²) in [4.78, 5) is 25.2. The zero-order valence-electron chi connectivity index (χ0n) is 20.1. The van der Waals surface area contributed by atoms with Crippen molar-refractivity contribution in [3.63, 3.8) is 0 Å². The first-order chi connectivity index (χ1) is 17.6. The van der Waals surface area contributed by atoms with Crippen molar-refractivity contribution in [3.8, 4) is 17.2 Å². The normalized spacial score (nSPS) is 11.5. The third-order valence-corrected chi connectivity index (χ3v) is 5.54. The largest absolute Gasteiger partial charge is 0.484 e. The summed E-state index contributed by atoms with van der Waals surface area (Å²) in [5, 5.41) is 2.57. The number of carbonyl (C=O) groups is 1. The second kappa shape index (κ2) is 10.8. The van der Waals surface area contributed by atoms with Crippen LogP contribution in [0.2, 0.25) is 0 Å². The minimum atomic E-state index is -5.00. The van der Waals surface area contributed by atoms with E-state index in [0.29, 0.717) is 12.1 Å². The van der Waals surface area contributed by atoms with Gasteiger partial charge in [0, 0.05) is 12.6 Å². The van der Waals surface area contributed by atoms with Crippen molar-refractivity contribution in [3.05, 3.63) is 99.9 Å². The smallest absolute Gasteiger partial charge is 0.453 e. The third kappa shape index (κ3) is 6.11. The van der Waals surface area contributed by atoms with Gasteiger partial charge in [-0.05, 0) is 35.2 Å². The van der Waals surface area contributed by atoms with Crippen LogP contribution in [0.4, 0.5) is 13.2 Å². The first kappa shape index (κ1) is 25.8. The van der Waals surface area contributed by atoms with Gasteiger partial charge in [0.15, 0.2) is 6.61 Å². The molecule has 0 saturated carbocycles. The lowest BCUT2D eigenvalue weighted by Crippen LogP contribution is -2.28. The van der Waals surface area contributed by atoms with Crippen molar-refractivity contribution in [2.24, 2.45) is 0 Å². The number of hydrogen-bond donors (Lipinski definition) is 1. The summed E-state index contributed by atoms with van der Waals surface area (Å²) in [7, 11) is 0. The zero-order valence-corrected chi connectivity index (χ0v) is 20.1. The van der Waals surface area contributed by atoms with E-state index in [1.807, 2.05) is 44.2 Å². The molecule has 0 unspecified atom stereocenters. The Hall–Kier alpha value is -4.27. The highest BCUT2D eigenvalue weighted by atomic mass is 19.4. The highest BCUT2D eigenvalue weighted by Crippen LogP contribution is 2.40. The van der Waals surface area contributed by atoms with Crippen molar-refractivity contribution in [1.29, 1.82) is 0 Å². The van der Waals surface area contributed by atoms with Crippen LogP contribution in [0, 0.1) is 0 Å². The third-order valence-electron chi connectivity index (χ3n) is 5.54. The molecule has 192 valence electrons. The lowest BCUT2D eigenvalue weighted by Gasteiger charge is -2.16. The average molecular weight is 511 g/mol. The molecule has 9 heteroatoms. The Balaban J connectivity index is 1.59. The van der Waals surface area contributed by atoms with E-state index in [1.165, 1.54) is 18.2 Å². The lowest BCUT2D eigenvalue weighted by atomic mass is 10.0. The van der Waals surface area contributed by atoms with Crippen LogP contribution in [0.15, 0.2) is 82.0 Å². The number of carbonyl (C=O) groups excluding carboxylic acids is 1. The Morgan fingerprint density at radius 3 is 2.41 bits per heavy atom. The highest BCUT2D eigenvalue weighted by Gasteiger charge is 2.40. The number of benzene rings is 3. The number of amides is 1. The second-order valence-electron chi connectivity index (χ2n) is 8.59. The quantitative estimate of drug-likeness (QED) is 0.295. The van der Waals surface area contributed by atoms with Crippen LogP contribution in [0.1, 0.15) is 36.7 Å². The highest BCUT2D eigenvalue weighted by molar-refractivity contribution is 5.80. The molecule has 4 aromatic rings. The van der Waals surface area contributed by atoms with Crippen LogP contribution in [0.5, 0.6) is 17.2 Å². The van der Waals surface area contributed by atoms with E-state index in [1.54, 1.807) is 18.2 Å². The monoisotopic (exact) mass is 511 g/mol. The van der Waals surface area contributed by atoms with Gasteiger partial charge in [-0.3, -0.25) is 9.59 Å². The topological polar surface area (TPSA) is 77.8 Å². The van der Waals surface area contributed by atoms with Gasteiger partial charge in [-0.2, -0.15) is 13.2 Å². The number of halogens is 3. The molecule has 6 nitrogen and oxygen atoms in total. The molecule has 0 aliphatic heterocycles. The molecule has 4 rings (SSSR count). The molecule has 1 aromatic heterocycles. The number of fused-ring (bicyclic) bond motifs is 1. The molecule has 0 atom stereocenters. The van der Waals surface area contributed by atoms with Crippen molar-refractivity contribution in [2.45, 2.75) is 32.5 Å². The molecule has 1 N–H and O–H groups in total. The van der Waals surface area contributed by atoms with Crippen LogP contribution in [0.3, 0.4) is 0 Å². The van der Waals surface area contributed by atoms with Crippen molar-refractivity contribution < 1.29 is 31.9 Å². The predicted molar refractivity (Wildman–Crippen MR) is 132 cm³/mol. The van der Waals surface area contributed by atoms with Crippen LogP contribution < -0.4 is 20.2 Å². The van der Waals surface area contributed by atoms with Gasteiger partial charge < -0.3 is 19.2 Å². The van der Waals surface area contributed by atoms with Gasteiger partial charge in [-0.25, -0.2) is 0 Å². The average Bonchev–Trinajstić information content (AvgIpc) is 2.87. The number of nitrogens with one attached hydrogen (secondary N) is 1. The summed E-state index contributed by atoms with van der Waals surface area (Å²) in [5.74, 6) is -2.77. The molecule has 0 fully saturated rings. The summed E-state index contributed by atoms with van der Waals surface area (Å²) >= 11 is 0. The molecular formula is C28H24F3NO5. The van der Waals surface area contributed by atoms with E-state index >= 15 is 0 Å². The molecule has 1 amide bonds. The van der Waals surface area contributed by atoms with E-state index in [0.717, 1.165) is 11.6 Å². The molecule has 1 heterocycles. The summed E-state index contributed by atoms with van der Waals surface area (Å²) in [6.45, 7) is 3.65. The molecule has 3 aromatic carbocycles. The van der Waals surface area contributed by atoms with Crippen molar-refractivity contribution in [2.75, 3.05) is 6.61 Å². The Bertz CT molecular complexity index is 1460. The van der Waals surface area contributed by atoms with Crippen molar-refractivity contribution >= 4 is 16.9 Å². The maximum absolute atomic E-state index is 13.9. The molecule has 37 heavy (non-hydrogen) atoms. The molecule has 0 saturated heterocycles. The number of para-hydroxylation sites is 1. The van der Waals surface area contributed by atoms with E-state index in [9.17, 15) is 22.8 Å². The SMILES string of the molecule is CC(C)c1ccccc1Oc1c(C(F)(F)F)oc2cc(OCC(=O)NCc3ccccc3)ccc2c1=O. The van der Waals surface area contributed by atoms with Gasteiger partial charge in [0.25, 0.3) is 11.7 Å². The molecule has 0 aliphatic carbocycles. The van der Waals surface area contributed by atoms with E-state index in [2.05, 4.69) is 5.32 Å². The first-order valence-electron chi connectivity index (χ1n) is 11.5. The van der Waals surface area contributed by atoms with Gasteiger partial charge in [0.1, 0.15) is 17.1 Å². The fraction of sp³-hybridized carbons (Fsp3) is 0.214. The maximum atomic E-state index is 13.9. The fourth-order valence-corrected chi connectivity index (χ4v) is 3.68. The van der Waals surface area contributed by atoms with Crippen molar-refractivity contribution in [1.82, 2.24) is 5.32 Å². The predicted octanol–water partition coefficient (Wildman–Crippen LogP) is 6.42. The number of hydrogen-bond acceptors (Lipinski definition) is 5. The summed E-state index contributed by atoms with van der Waals surface area (Å²) in [6, 6.07) is 19.6. The van der Waals surface area contributed by atoms with Gasteiger partial charge in [0.05, 0.1) is 5.39 Å². The lowest BCUT2D eigenvalue weighted by molar-refractivity contribution is -0.154. The number of rotatable bonds is 8. The zero-order chi connectivity index (χ0) is 26.6. The Morgan fingerprint density at radius 2 is 1.70 bits per heavy atom. The Labute approximate surface area is 210 Å². The van der Waals surface area contributed by atoms with E-state index in [4.69, 9.17) is 13.9 Å². The Kier molecular flexibility index (Phi) is 7.52. The van der Waals surface area contributed by atoms with Crippen LogP contribution in [0.25, 0.3) is 11.0 Å². The van der Waals surface area contributed by atoms with Gasteiger partial charge in [-0.1, -0.05) is 62.4 Å². The second-order valence-corrected chi connectivity index (χ2v) is 8.59. The summed E-state index contributed by atoms with van der Waals surface area (Å²) < 4.78 is 57.8.